The summed E-state index contributed by atoms with van der Waals surface area (Å²) in [5.41, 5.74) is 1.08. The monoisotopic (exact) mass is 350 g/mol. The van der Waals surface area contributed by atoms with E-state index < -0.39 is 0 Å². The first-order valence-electron chi connectivity index (χ1n) is 7.14. The minimum absolute atomic E-state index is 0.149. The van der Waals surface area contributed by atoms with Gasteiger partial charge < -0.3 is 10.6 Å². The fourth-order valence-electron chi connectivity index (χ4n) is 1.95. The van der Waals surface area contributed by atoms with E-state index in [1.165, 1.54) is 0 Å². The highest BCUT2D eigenvalue weighted by molar-refractivity contribution is 6.35. The van der Waals surface area contributed by atoms with Gasteiger partial charge in [0, 0.05) is 23.6 Å². The highest BCUT2D eigenvalue weighted by atomic mass is 35.5. The normalized spacial score (nSPS) is 10.2. The van der Waals surface area contributed by atoms with Crippen molar-refractivity contribution in [2.45, 2.75) is 12.8 Å². The molecule has 0 aliphatic carbocycles. The van der Waals surface area contributed by atoms with Crippen LogP contribution < -0.4 is 10.6 Å². The number of benzene rings is 2. The third-order valence-corrected chi connectivity index (χ3v) is 3.67. The van der Waals surface area contributed by atoms with Crippen molar-refractivity contribution in [1.29, 1.82) is 0 Å². The molecule has 2 aromatic carbocycles. The second-order valence-corrected chi connectivity index (χ2v) is 5.74. The predicted molar refractivity (Wildman–Crippen MR) is 93.1 cm³/mol. The number of nitrogens with one attached hydrogen (secondary N) is 2. The number of carbonyl (C=O) groups is 2. The average Bonchev–Trinajstić information content (AvgIpc) is 2.55. The van der Waals surface area contributed by atoms with Crippen LogP contribution in [0.15, 0.2) is 48.5 Å². The summed E-state index contributed by atoms with van der Waals surface area (Å²) in [6.45, 7) is 0.421. The standard InChI is InChI=1S/C17H16Cl2N2O2/c18-13-8-9-14(19)15(11-13)21-16(22)7-4-10-20-17(23)12-5-2-1-3-6-12/h1-3,5-6,8-9,11H,4,7,10H2,(H,20,23)(H,21,22). The molecule has 2 N–H and O–H groups in total. The van der Waals surface area contributed by atoms with Crippen LogP contribution in [0.2, 0.25) is 10.0 Å². The Balaban J connectivity index is 1.73. The lowest BCUT2D eigenvalue weighted by molar-refractivity contribution is -0.116. The highest BCUT2D eigenvalue weighted by Gasteiger charge is 2.07. The van der Waals surface area contributed by atoms with Gasteiger partial charge in [-0.3, -0.25) is 9.59 Å². The zero-order valence-corrected chi connectivity index (χ0v) is 13.8. The van der Waals surface area contributed by atoms with Gasteiger partial charge >= 0.3 is 0 Å². The number of hydrogen-bond donors (Lipinski definition) is 2. The number of rotatable bonds is 6. The third kappa shape index (κ3) is 5.58. The molecule has 0 aromatic heterocycles. The largest absolute Gasteiger partial charge is 0.352 e. The van der Waals surface area contributed by atoms with Gasteiger partial charge in [-0.1, -0.05) is 41.4 Å². The molecule has 2 rings (SSSR count). The molecule has 0 bridgehead atoms. The molecule has 120 valence electrons. The van der Waals surface area contributed by atoms with Gasteiger partial charge in [0.25, 0.3) is 5.91 Å². The predicted octanol–water partition coefficient (Wildman–Crippen LogP) is 4.14. The minimum Gasteiger partial charge on any atom is -0.352 e. The number of anilines is 1. The minimum atomic E-state index is -0.178. The van der Waals surface area contributed by atoms with Crippen molar-refractivity contribution < 1.29 is 9.59 Å². The van der Waals surface area contributed by atoms with Crippen molar-refractivity contribution >= 4 is 40.7 Å². The molecule has 0 unspecified atom stereocenters. The first-order valence-corrected chi connectivity index (χ1v) is 7.90. The Kier molecular flexibility index (Phi) is 6.44. The van der Waals surface area contributed by atoms with Crippen molar-refractivity contribution in [3.05, 3.63) is 64.1 Å². The van der Waals surface area contributed by atoms with Crippen LogP contribution >= 0.6 is 23.2 Å². The van der Waals surface area contributed by atoms with Crippen LogP contribution in [-0.4, -0.2) is 18.4 Å². The molecular formula is C17H16Cl2N2O2. The van der Waals surface area contributed by atoms with Crippen molar-refractivity contribution in [2.75, 3.05) is 11.9 Å². The zero-order chi connectivity index (χ0) is 16.7. The summed E-state index contributed by atoms with van der Waals surface area (Å²) in [5, 5.41) is 6.41. The van der Waals surface area contributed by atoms with E-state index in [1.807, 2.05) is 6.07 Å². The summed E-state index contributed by atoms with van der Waals surface area (Å²) in [5.74, 6) is -0.327. The number of amides is 2. The molecule has 23 heavy (non-hydrogen) atoms. The second-order valence-electron chi connectivity index (χ2n) is 4.90. The second kappa shape index (κ2) is 8.56. The molecule has 0 spiro atoms. The van der Waals surface area contributed by atoms with Gasteiger partial charge in [0.05, 0.1) is 10.7 Å². The Morgan fingerprint density at radius 2 is 1.74 bits per heavy atom. The van der Waals surface area contributed by atoms with Gasteiger partial charge in [-0.25, -0.2) is 0 Å². The highest BCUT2D eigenvalue weighted by Crippen LogP contribution is 2.25. The van der Waals surface area contributed by atoms with E-state index in [0.717, 1.165) is 0 Å². The maximum atomic E-state index is 11.9. The van der Waals surface area contributed by atoms with Crippen LogP contribution in [0.4, 0.5) is 5.69 Å². The van der Waals surface area contributed by atoms with E-state index in [1.54, 1.807) is 42.5 Å². The van der Waals surface area contributed by atoms with E-state index >= 15 is 0 Å². The van der Waals surface area contributed by atoms with Crippen molar-refractivity contribution in [1.82, 2.24) is 5.32 Å². The summed E-state index contributed by atoms with van der Waals surface area (Å²) in [6, 6.07) is 13.8. The summed E-state index contributed by atoms with van der Waals surface area (Å²) >= 11 is 11.8. The van der Waals surface area contributed by atoms with Gasteiger partial charge in [0.2, 0.25) is 5.91 Å². The molecular weight excluding hydrogens is 335 g/mol. The average molecular weight is 351 g/mol. The Hall–Kier alpha value is -2.04. The smallest absolute Gasteiger partial charge is 0.251 e. The van der Waals surface area contributed by atoms with Crippen LogP contribution in [0.25, 0.3) is 0 Å². The molecule has 0 fully saturated rings. The lowest BCUT2D eigenvalue weighted by Gasteiger charge is -2.08. The van der Waals surface area contributed by atoms with Gasteiger partial charge in [0.1, 0.15) is 0 Å². The molecule has 2 amide bonds. The molecule has 4 nitrogen and oxygen atoms in total. The zero-order valence-electron chi connectivity index (χ0n) is 12.3. The summed E-state index contributed by atoms with van der Waals surface area (Å²) in [6.07, 6.45) is 0.806. The first kappa shape index (κ1) is 17.3. The van der Waals surface area contributed by atoms with Crippen LogP contribution in [0.3, 0.4) is 0 Å². The molecule has 0 atom stereocenters. The SMILES string of the molecule is O=C(CCCNC(=O)c1ccccc1)Nc1cc(Cl)ccc1Cl. The van der Waals surface area contributed by atoms with E-state index in [9.17, 15) is 9.59 Å². The first-order chi connectivity index (χ1) is 11.1. The lowest BCUT2D eigenvalue weighted by Crippen LogP contribution is -2.25. The Labute approximate surface area is 144 Å². The van der Waals surface area contributed by atoms with Gasteiger partial charge in [-0.05, 0) is 36.8 Å². The van der Waals surface area contributed by atoms with E-state index in [2.05, 4.69) is 10.6 Å². The molecule has 0 saturated carbocycles. The lowest BCUT2D eigenvalue weighted by atomic mass is 10.2. The van der Waals surface area contributed by atoms with Crippen molar-refractivity contribution in [3.63, 3.8) is 0 Å². The quantitative estimate of drug-likeness (QED) is 0.769. The van der Waals surface area contributed by atoms with Gasteiger partial charge in [0.15, 0.2) is 0 Å². The van der Waals surface area contributed by atoms with E-state index in [4.69, 9.17) is 23.2 Å². The Bertz CT molecular complexity index is 690. The summed E-state index contributed by atoms with van der Waals surface area (Å²) in [4.78, 5) is 23.7. The summed E-state index contributed by atoms with van der Waals surface area (Å²) < 4.78 is 0. The molecule has 0 aliphatic rings. The maximum absolute atomic E-state index is 11.9. The number of hydrogen-bond acceptors (Lipinski definition) is 2. The molecule has 0 heterocycles. The fourth-order valence-corrected chi connectivity index (χ4v) is 2.29. The maximum Gasteiger partial charge on any atom is 0.251 e. The number of carbonyl (C=O) groups excluding carboxylic acids is 2. The fraction of sp³-hybridized carbons (Fsp3) is 0.176. The molecule has 2 aromatic rings. The Morgan fingerprint density at radius 3 is 2.48 bits per heavy atom. The molecule has 0 aliphatic heterocycles. The third-order valence-electron chi connectivity index (χ3n) is 3.10. The van der Waals surface area contributed by atoms with Crippen LogP contribution in [-0.2, 0) is 4.79 Å². The van der Waals surface area contributed by atoms with Crippen molar-refractivity contribution in [3.8, 4) is 0 Å². The Morgan fingerprint density at radius 1 is 1.00 bits per heavy atom. The van der Waals surface area contributed by atoms with Crippen LogP contribution in [0, 0.1) is 0 Å². The van der Waals surface area contributed by atoms with Gasteiger partial charge in [-0.15, -0.1) is 0 Å². The van der Waals surface area contributed by atoms with E-state index in [0.29, 0.717) is 34.3 Å². The summed E-state index contributed by atoms with van der Waals surface area (Å²) in [7, 11) is 0. The van der Waals surface area contributed by atoms with Crippen molar-refractivity contribution in [2.24, 2.45) is 0 Å². The molecule has 0 radical (unpaired) electrons. The number of halogens is 2. The topological polar surface area (TPSA) is 58.2 Å². The van der Waals surface area contributed by atoms with E-state index in [-0.39, 0.29) is 18.2 Å². The molecule has 0 saturated heterocycles. The van der Waals surface area contributed by atoms with Crippen LogP contribution in [0.5, 0.6) is 0 Å². The van der Waals surface area contributed by atoms with Crippen LogP contribution in [0.1, 0.15) is 23.2 Å². The molecule has 6 heteroatoms. The van der Waals surface area contributed by atoms with Gasteiger partial charge in [-0.2, -0.15) is 0 Å².